The zero-order valence-corrected chi connectivity index (χ0v) is 26.4. The topological polar surface area (TPSA) is 86.0 Å². The van der Waals surface area contributed by atoms with E-state index in [2.05, 4.69) is 0 Å². The molecule has 4 aromatic rings. The van der Waals surface area contributed by atoms with Crippen molar-refractivity contribution in [2.75, 3.05) is 25.6 Å². The van der Waals surface area contributed by atoms with Crippen molar-refractivity contribution in [3.8, 4) is 16.9 Å². The summed E-state index contributed by atoms with van der Waals surface area (Å²) >= 11 is 0. The smallest absolute Gasteiger partial charge is 0.310 e. The Balaban J connectivity index is 1.70. The molecule has 0 bridgehead atoms. The number of aliphatic hydroxyl groups is 1. The molecule has 1 N–H and O–H groups in total. The molecule has 0 aliphatic carbocycles. The molecule has 0 saturated carbocycles. The van der Waals surface area contributed by atoms with Crippen LogP contribution in [-0.4, -0.2) is 45.7 Å². The van der Waals surface area contributed by atoms with Gasteiger partial charge in [-0.25, -0.2) is 0 Å². The zero-order chi connectivity index (χ0) is 31.1. The summed E-state index contributed by atoms with van der Waals surface area (Å²) in [5.41, 5.74) is 5.73. The largest absolute Gasteiger partial charge is 0.489 e. The summed E-state index contributed by atoms with van der Waals surface area (Å²) < 4.78 is 44.2. The molecule has 2 atom stereocenters. The summed E-state index contributed by atoms with van der Waals surface area (Å²) in [5, 5.41) is 10.4. The highest BCUT2D eigenvalue weighted by Crippen LogP contribution is 2.35. The van der Waals surface area contributed by atoms with Gasteiger partial charge in [0.2, 0.25) is 0 Å². The third kappa shape index (κ3) is 8.33. The number of alkyl halides is 1. The van der Waals surface area contributed by atoms with Gasteiger partial charge in [0.25, 0.3) is 0 Å². The summed E-state index contributed by atoms with van der Waals surface area (Å²) in [5.74, 6) is 0.696. The zero-order valence-electron chi connectivity index (χ0n) is 25.6. The van der Waals surface area contributed by atoms with E-state index >= 15 is 0 Å². The number of aryl methyl sites for hydroxylation is 1. The number of hydrogen-bond donors (Lipinski definition) is 1. The molecule has 2 unspecified atom stereocenters. The molecule has 8 heteroatoms. The minimum absolute atomic E-state index is 0.0414. The molecule has 0 spiro atoms. The van der Waals surface area contributed by atoms with Crippen LogP contribution in [-0.2, 0) is 39.8 Å². The summed E-state index contributed by atoms with van der Waals surface area (Å²) in [7, 11) is -1.20. The highest BCUT2D eigenvalue weighted by Gasteiger charge is 2.25. The number of furan rings is 1. The normalized spacial score (nSPS) is 13.2. The number of aliphatic hydroxyl groups excluding tert-OH is 1. The predicted octanol–water partition coefficient (Wildman–Crippen LogP) is 7.23. The van der Waals surface area contributed by atoms with E-state index in [-0.39, 0.29) is 31.4 Å². The van der Waals surface area contributed by atoms with Crippen LogP contribution in [0.5, 0.6) is 5.75 Å². The van der Waals surface area contributed by atoms with Crippen LogP contribution in [0.2, 0.25) is 0 Å². The number of rotatable bonds is 13. The van der Waals surface area contributed by atoms with Gasteiger partial charge >= 0.3 is 5.97 Å². The molecule has 1 aromatic heterocycles. The van der Waals surface area contributed by atoms with Crippen LogP contribution in [0.4, 0.5) is 4.39 Å². The standard InChI is InChI=1S/C35H41FO6S/c1-6-40-33(38)19-27-11-10-23(2)14-32(27)41-21-24-15-28-18-30(12-13-37)42-34(28)31(16-24)26-9-7-8-25(17-26)29(20-36)22-43(39)35(3,4)5/h7-11,14-18,29,37H,6,12-13,19-22H2,1-5H3. The van der Waals surface area contributed by atoms with Crippen molar-refractivity contribution in [1.29, 1.82) is 0 Å². The number of esters is 1. The fourth-order valence-electron chi connectivity index (χ4n) is 4.89. The first-order chi connectivity index (χ1) is 20.5. The number of halogens is 1. The van der Waals surface area contributed by atoms with Gasteiger partial charge in [0.1, 0.15) is 23.7 Å². The van der Waals surface area contributed by atoms with Gasteiger partial charge in [-0.15, -0.1) is 0 Å². The van der Waals surface area contributed by atoms with Gasteiger partial charge in [-0.1, -0.05) is 36.4 Å². The quantitative estimate of drug-likeness (QED) is 0.161. The van der Waals surface area contributed by atoms with E-state index in [1.807, 2.05) is 88.4 Å². The van der Waals surface area contributed by atoms with Crippen molar-refractivity contribution >= 4 is 27.7 Å². The molecule has 0 aliphatic heterocycles. The molecule has 0 radical (unpaired) electrons. The van der Waals surface area contributed by atoms with E-state index in [1.54, 1.807) is 6.92 Å². The van der Waals surface area contributed by atoms with Crippen LogP contribution >= 0.6 is 0 Å². The van der Waals surface area contributed by atoms with Crippen molar-refractivity contribution < 1.29 is 32.4 Å². The number of fused-ring (bicyclic) bond motifs is 1. The first-order valence-electron chi connectivity index (χ1n) is 14.6. The van der Waals surface area contributed by atoms with Crippen molar-refractivity contribution in [2.24, 2.45) is 0 Å². The van der Waals surface area contributed by atoms with Gasteiger partial charge in [0.15, 0.2) is 0 Å². The number of benzene rings is 3. The molecule has 1 heterocycles. The number of hydrogen-bond acceptors (Lipinski definition) is 6. The molecular formula is C35H41FO6S. The van der Waals surface area contributed by atoms with Crippen molar-refractivity contribution in [2.45, 2.75) is 64.7 Å². The third-order valence-electron chi connectivity index (χ3n) is 7.23. The first kappa shape index (κ1) is 32.4. The van der Waals surface area contributed by atoms with Crippen molar-refractivity contribution in [1.82, 2.24) is 0 Å². The average Bonchev–Trinajstić information content (AvgIpc) is 3.37. The minimum atomic E-state index is -1.20. The Morgan fingerprint density at radius 2 is 1.88 bits per heavy atom. The van der Waals surface area contributed by atoms with E-state index in [9.17, 15) is 18.5 Å². The van der Waals surface area contributed by atoms with Crippen LogP contribution in [0, 0.1) is 6.92 Å². The molecule has 0 aliphatic rings. The van der Waals surface area contributed by atoms with E-state index in [4.69, 9.17) is 13.9 Å². The molecule has 0 saturated heterocycles. The maximum atomic E-state index is 14.3. The fraction of sp³-hybridized carbons (Fsp3) is 0.400. The lowest BCUT2D eigenvalue weighted by Gasteiger charge is -2.22. The Hall–Kier alpha value is -3.49. The fourth-order valence-corrected chi connectivity index (χ4v) is 6.04. The summed E-state index contributed by atoms with van der Waals surface area (Å²) in [6, 6.07) is 19.3. The monoisotopic (exact) mass is 608 g/mol. The Morgan fingerprint density at radius 1 is 1.09 bits per heavy atom. The van der Waals surface area contributed by atoms with Crippen molar-refractivity contribution in [3.63, 3.8) is 0 Å². The predicted molar refractivity (Wildman–Crippen MR) is 170 cm³/mol. The van der Waals surface area contributed by atoms with Crippen LogP contribution in [0.15, 0.2) is 65.1 Å². The Bertz CT molecular complexity index is 1590. The second-order valence-electron chi connectivity index (χ2n) is 11.7. The van der Waals surface area contributed by atoms with Gasteiger partial charge in [0.05, 0.1) is 26.3 Å². The number of carbonyl (C=O) groups is 1. The molecule has 43 heavy (non-hydrogen) atoms. The molecule has 0 amide bonds. The van der Waals surface area contributed by atoms with Crippen LogP contribution in [0.25, 0.3) is 22.1 Å². The number of carbonyl (C=O) groups excluding carboxylic acids is 1. The minimum Gasteiger partial charge on any atom is -0.489 e. The summed E-state index contributed by atoms with van der Waals surface area (Å²) in [6.07, 6.45) is 0.492. The van der Waals surface area contributed by atoms with Crippen LogP contribution in [0.3, 0.4) is 0 Å². The molecule has 6 nitrogen and oxygen atoms in total. The van der Waals surface area contributed by atoms with Crippen LogP contribution in [0.1, 0.15) is 61.6 Å². The number of ether oxygens (including phenoxy) is 2. The van der Waals surface area contributed by atoms with E-state index in [0.29, 0.717) is 30.1 Å². The maximum Gasteiger partial charge on any atom is 0.310 e. The van der Waals surface area contributed by atoms with Crippen LogP contribution < -0.4 is 4.74 Å². The summed E-state index contributed by atoms with van der Waals surface area (Å²) in [4.78, 5) is 12.2. The van der Waals surface area contributed by atoms with Gasteiger partial charge in [-0.3, -0.25) is 13.4 Å². The molecule has 3 aromatic carbocycles. The van der Waals surface area contributed by atoms with Crippen molar-refractivity contribution in [3.05, 3.63) is 88.7 Å². The maximum absolute atomic E-state index is 14.3. The summed E-state index contributed by atoms with van der Waals surface area (Å²) in [6.45, 7) is 9.34. The second kappa shape index (κ2) is 14.3. The second-order valence-corrected chi connectivity index (χ2v) is 14.0. The molecule has 4 rings (SSSR count). The lowest BCUT2D eigenvalue weighted by Crippen LogP contribution is -2.27. The molecule has 230 valence electrons. The average molecular weight is 609 g/mol. The van der Waals surface area contributed by atoms with E-state index in [0.717, 1.165) is 38.8 Å². The lowest BCUT2D eigenvalue weighted by atomic mass is 9.95. The van der Waals surface area contributed by atoms with Gasteiger partial charge < -0.3 is 19.0 Å². The third-order valence-corrected chi connectivity index (χ3v) is 9.30. The highest BCUT2D eigenvalue weighted by molar-refractivity contribution is 7.86. The van der Waals surface area contributed by atoms with Gasteiger partial charge in [-0.05, 0) is 81.1 Å². The molecular weight excluding hydrogens is 567 g/mol. The Kier molecular flexibility index (Phi) is 10.8. The molecule has 0 fully saturated rings. The van der Waals surface area contributed by atoms with Gasteiger partial charge in [0, 0.05) is 50.2 Å². The van der Waals surface area contributed by atoms with Gasteiger partial charge in [-0.2, -0.15) is 0 Å². The highest BCUT2D eigenvalue weighted by atomic mass is 32.2. The van der Waals surface area contributed by atoms with E-state index < -0.39 is 28.1 Å². The SMILES string of the molecule is CCOC(=O)Cc1ccc(C)cc1OCc1cc(-c2cccc(C(CF)CS(=O)C(C)(C)C)c2)c2oc(CCO)cc2c1. The van der Waals surface area contributed by atoms with E-state index in [1.165, 1.54) is 0 Å². The Labute approximate surface area is 255 Å². The lowest BCUT2D eigenvalue weighted by molar-refractivity contribution is -0.142. The first-order valence-corrected chi connectivity index (χ1v) is 15.9. The Morgan fingerprint density at radius 3 is 2.58 bits per heavy atom.